The van der Waals surface area contributed by atoms with Gasteiger partial charge in [-0.2, -0.15) is 5.10 Å². The molecular formula is C8H12N4. The summed E-state index contributed by atoms with van der Waals surface area (Å²) in [4.78, 5) is 2.11. The fourth-order valence-electron chi connectivity index (χ4n) is 1.35. The van der Waals surface area contributed by atoms with Crippen LogP contribution < -0.4 is 10.7 Å². The highest BCUT2D eigenvalue weighted by Crippen LogP contribution is 2.10. The first-order valence-electron chi connectivity index (χ1n) is 4.03. The SMILES string of the molecule is CNCC1NN=C2C=CC=CN21. The predicted molar refractivity (Wildman–Crippen MR) is 48.4 cm³/mol. The van der Waals surface area contributed by atoms with Gasteiger partial charge < -0.3 is 10.2 Å². The lowest BCUT2D eigenvalue weighted by Gasteiger charge is -2.23. The monoisotopic (exact) mass is 164 g/mol. The van der Waals surface area contributed by atoms with Crippen molar-refractivity contribution in [1.82, 2.24) is 15.6 Å². The molecule has 0 amide bonds. The Balaban J connectivity index is 2.09. The molecule has 4 heteroatoms. The van der Waals surface area contributed by atoms with Crippen molar-refractivity contribution in [2.45, 2.75) is 6.17 Å². The van der Waals surface area contributed by atoms with Crippen LogP contribution in [0, 0.1) is 0 Å². The van der Waals surface area contributed by atoms with E-state index >= 15 is 0 Å². The van der Waals surface area contributed by atoms with E-state index in [1.165, 1.54) is 0 Å². The molecule has 2 heterocycles. The summed E-state index contributed by atoms with van der Waals surface area (Å²) in [7, 11) is 1.93. The van der Waals surface area contributed by atoms with Crippen molar-refractivity contribution < 1.29 is 0 Å². The van der Waals surface area contributed by atoms with Crippen molar-refractivity contribution in [3.63, 3.8) is 0 Å². The third kappa shape index (κ3) is 1.10. The average molecular weight is 164 g/mol. The molecule has 0 bridgehead atoms. The zero-order valence-electron chi connectivity index (χ0n) is 6.99. The highest BCUT2D eigenvalue weighted by molar-refractivity contribution is 5.95. The van der Waals surface area contributed by atoms with Gasteiger partial charge in [-0.15, -0.1) is 0 Å². The molecule has 1 unspecified atom stereocenters. The van der Waals surface area contributed by atoms with Crippen molar-refractivity contribution in [3.05, 3.63) is 24.4 Å². The first-order valence-corrected chi connectivity index (χ1v) is 4.03. The minimum absolute atomic E-state index is 0.256. The molecule has 1 atom stereocenters. The van der Waals surface area contributed by atoms with Crippen molar-refractivity contribution in [1.29, 1.82) is 0 Å². The molecule has 0 aliphatic carbocycles. The number of hydrazone groups is 1. The van der Waals surface area contributed by atoms with E-state index in [4.69, 9.17) is 0 Å². The first-order chi connectivity index (χ1) is 5.92. The molecule has 0 spiro atoms. The van der Waals surface area contributed by atoms with Gasteiger partial charge in [0.15, 0.2) is 5.84 Å². The Labute approximate surface area is 71.6 Å². The molecule has 0 saturated carbocycles. The third-order valence-electron chi connectivity index (χ3n) is 1.93. The highest BCUT2D eigenvalue weighted by Gasteiger charge is 2.23. The Kier molecular flexibility index (Phi) is 1.83. The molecule has 2 N–H and O–H groups in total. The van der Waals surface area contributed by atoms with E-state index in [1.54, 1.807) is 0 Å². The van der Waals surface area contributed by atoms with Crippen LogP contribution in [0.1, 0.15) is 0 Å². The number of fused-ring (bicyclic) bond motifs is 1. The molecule has 0 radical (unpaired) electrons. The average Bonchev–Trinajstić information content (AvgIpc) is 2.50. The Morgan fingerprint density at radius 1 is 1.67 bits per heavy atom. The maximum absolute atomic E-state index is 4.17. The van der Waals surface area contributed by atoms with Crippen LogP contribution in [-0.2, 0) is 0 Å². The minimum Gasteiger partial charge on any atom is -0.316 e. The molecule has 0 saturated heterocycles. The fourth-order valence-corrected chi connectivity index (χ4v) is 1.35. The second-order valence-electron chi connectivity index (χ2n) is 2.78. The van der Waals surface area contributed by atoms with Crippen LogP contribution in [0.25, 0.3) is 0 Å². The van der Waals surface area contributed by atoms with Gasteiger partial charge in [-0.05, 0) is 19.2 Å². The third-order valence-corrected chi connectivity index (χ3v) is 1.93. The first kappa shape index (κ1) is 7.36. The van der Waals surface area contributed by atoms with Crippen molar-refractivity contribution in [3.8, 4) is 0 Å². The van der Waals surface area contributed by atoms with E-state index in [0.717, 1.165) is 12.4 Å². The van der Waals surface area contributed by atoms with Gasteiger partial charge in [-0.1, -0.05) is 6.08 Å². The number of allylic oxidation sites excluding steroid dienone is 2. The number of hydrogen-bond acceptors (Lipinski definition) is 4. The number of amidine groups is 1. The van der Waals surface area contributed by atoms with Crippen LogP contribution in [0.15, 0.2) is 29.5 Å². The summed E-state index contributed by atoms with van der Waals surface area (Å²) in [6.45, 7) is 0.880. The Bertz CT molecular complexity index is 254. The van der Waals surface area contributed by atoms with Crippen molar-refractivity contribution in [2.75, 3.05) is 13.6 Å². The van der Waals surface area contributed by atoms with E-state index < -0.39 is 0 Å². The molecule has 0 aromatic heterocycles. The van der Waals surface area contributed by atoms with Crippen LogP contribution in [-0.4, -0.2) is 30.5 Å². The number of hydrogen-bond donors (Lipinski definition) is 2. The van der Waals surface area contributed by atoms with Gasteiger partial charge in [0.2, 0.25) is 0 Å². The Morgan fingerprint density at radius 3 is 3.42 bits per heavy atom. The summed E-state index contributed by atoms with van der Waals surface area (Å²) in [6, 6.07) is 0. The predicted octanol–water partition coefficient (Wildman–Crippen LogP) is -0.166. The van der Waals surface area contributed by atoms with Crippen LogP contribution in [0.3, 0.4) is 0 Å². The number of nitrogens with one attached hydrogen (secondary N) is 2. The van der Waals surface area contributed by atoms with E-state index in [0.29, 0.717) is 0 Å². The smallest absolute Gasteiger partial charge is 0.154 e. The zero-order valence-corrected chi connectivity index (χ0v) is 6.99. The van der Waals surface area contributed by atoms with Crippen LogP contribution in [0.4, 0.5) is 0 Å². The Hall–Kier alpha value is -1.29. The molecule has 2 aliphatic rings. The lowest BCUT2D eigenvalue weighted by molar-refractivity contribution is 0.367. The van der Waals surface area contributed by atoms with Crippen LogP contribution >= 0.6 is 0 Å². The van der Waals surface area contributed by atoms with Gasteiger partial charge in [0, 0.05) is 12.7 Å². The summed E-state index contributed by atoms with van der Waals surface area (Å²) in [5, 5.41) is 7.28. The van der Waals surface area contributed by atoms with Crippen LogP contribution in [0.5, 0.6) is 0 Å². The topological polar surface area (TPSA) is 39.7 Å². The van der Waals surface area contributed by atoms with Gasteiger partial charge in [0.1, 0.15) is 6.17 Å². The summed E-state index contributed by atoms with van der Waals surface area (Å²) in [5.41, 5.74) is 3.05. The molecule has 2 aliphatic heterocycles. The van der Waals surface area contributed by atoms with Crippen LogP contribution in [0.2, 0.25) is 0 Å². The van der Waals surface area contributed by atoms with Crippen molar-refractivity contribution in [2.24, 2.45) is 5.10 Å². The van der Waals surface area contributed by atoms with Crippen molar-refractivity contribution >= 4 is 5.84 Å². The van der Waals surface area contributed by atoms with E-state index in [-0.39, 0.29) is 6.17 Å². The standard InChI is InChI=1S/C8H12N4/c1-9-6-8-11-10-7-4-2-3-5-12(7)8/h2-5,8-9,11H,6H2,1H3. The normalized spacial score (nSPS) is 25.2. The summed E-state index contributed by atoms with van der Waals surface area (Å²) in [6.07, 6.45) is 8.27. The van der Waals surface area contributed by atoms with Gasteiger partial charge in [-0.25, -0.2) is 0 Å². The summed E-state index contributed by atoms with van der Waals surface area (Å²) >= 11 is 0. The van der Waals surface area contributed by atoms with E-state index in [1.807, 2.05) is 31.5 Å². The fraction of sp³-hybridized carbons (Fsp3) is 0.375. The largest absolute Gasteiger partial charge is 0.316 e. The van der Waals surface area contributed by atoms with E-state index in [9.17, 15) is 0 Å². The molecule has 0 aromatic carbocycles. The Morgan fingerprint density at radius 2 is 2.58 bits per heavy atom. The maximum Gasteiger partial charge on any atom is 0.154 e. The summed E-state index contributed by atoms with van der Waals surface area (Å²) in [5.74, 6) is 0.984. The second-order valence-corrected chi connectivity index (χ2v) is 2.78. The molecule has 0 aromatic rings. The van der Waals surface area contributed by atoms with E-state index in [2.05, 4.69) is 20.7 Å². The zero-order chi connectivity index (χ0) is 8.39. The molecule has 12 heavy (non-hydrogen) atoms. The number of nitrogens with zero attached hydrogens (tertiary/aromatic N) is 2. The number of rotatable bonds is 2. The maximum atomic E-state index is 4.17. The van der Waals surface area contributed by atoms with Gasteiger partial charge in [0.05, 0.1) is 0 Å². The molecule has 0 fully saturated rings. The molecule has 2 rings (SSSR count). The quantitative estimate of drug-likeness (QED) is 0.595. The molecule has 64 valence electrons. The highest BCUT2D eigenvalue weighted by atomic mass is 15.5. The van der Waals surface area contributed by atoms with Gasteiger partial charge in [-0.3, -0.25) is 5.43 Å². The summed E-state index contributed by atoms with van der Waals surface area (Å²) < 4.78 is 0. The second kappa shape index (κ2) is 2.98. The number of likely N-dealkylation sites (N-methyl/N-ethyl adjacent to an activating group) is 1. The van der Waals surface area contributed by atoms with Gasteiger partial charge >= 0.3 is 0 Å². The van der Waals surface area contributed by atoms with Gasteiger partial charge in [0.25, 0.3) is 0 Å². The lowest BCUT2D eigenvalue weighted by atomic mass is 10.3. The molecule has 4 nitrogen and oxygen atoms in total. The lowest BCUT2D eigenvalue weighted by Crippen LogP contribution is -2.43. The molecular weight excluding hydrogens is 152 g/mol. The minimum atomic E-state index is 0.256.